The highest BCUT2D eigenvalue weighted by Crippen LogP contribution is 1.94. The lowest BCUT2D eigenvalue weighted by molar-refractivity contribution is -0.121. The van der Waals surface area contributed by atoms with Crippen molar-refractivity contribution in [3.8, 4) is 0 Å². The Morgan fingerprint density at radius 1 is 1.29 bits per heavy atom. The van der Waals surface area contributed by atoms with E-state index >= 15 is 0 Å². The van der Waals surface area contributed by atoms with Gasteiger partial charge in [-0.05, 0) is 18.9 Å². The van der Waals surface area contributed by atoms with Gasteiger partial charge in [0, 0.05) is 37.1 Å². The van der Waals surface area contributed by atoms with Gasteiger partial charge in [0.1, 0.15) is 6.54 Å². The van der Waals surface area contributed by atoms with Gasteiger partial charge in [0.15, 0.2) is 0 Å². The van der Waals surface area contributed by atoms with E-state index in [9.17, 15) is 14.4 Å². The van der Waals surface area contributed by atoms with Crippen LogP contribution >= 0.6 is 0 Å². The molecule has 0 spiro atoms. The molecular weight excluding hydrogens is 310 g/mol. The third kappa shape index (κ3) is 5.15. The van der Waals surface area contributed by atoms with Crippen LogP contribution in [0.3, 0.4) is 0 Å². The topological polar surface area (TPSA) is 98.9 Å². The molecule has 0 aliphatic carbocycles. The first kappa shape index (κ1) is 17.6. The molecule has 0 unspecified atom stereocenters. The minimum absolute atomic E-state index is 0.0677. The van der Waals surface area contributed by atoms with E-state index in [2.05, 4.69) is 15.4 Å². The van der Waals surface area contributed by atoms with Gasteiger partial charge in [0.2, 0.25) is 5.91 Å². The molecule has 0 saturated heterocycles. The van der Waals surface area contributed by atoms with Crippen LogP contribution in [0.5, 0.6) is 0 Å². The number of aryl methyl sites for hydroxylation is 2. The normalized spacial score (nSPS) is 10.5. The molecule has 2 rings (SSSR count). The van der Waals surface area contributed by atoms with Crippen LogP contribution in [0.25, 0.3) is 0 Å². The largest absolute Gasteiger partial charge is 0.354 e. The molecule has 0 fully saturated rings. The maximum atomic E-state index is 11.9. The summed E-state index contributed by atoms with van der Waals surface area (Å²) in [6.07, 6.45) is 5.18. The zero-order chi connectivity index (χ0) is 17.4. The summed E-state index contributed by atoms with van der Waals surface area (Å²) in [7, 11) is 0. The van der Waals surface area contributed by atoms with Gasteiger partial charge in [-0.15, -0.1) is 0 Å². The minimum Gasteiger partial charge on any atom is -0.354 e. The molecule has 128 valence electrons. The number of amides is 1. The summed E-state index contributed by atoms with van der Waals surface area (Å²) in [5.74, 6) is -0.268. The number of hydrogen-bond acceptors (Lipinski definition) is 5. The van der Waals surface area contributed by atoms with Crippen molar-refractivity contribution in [2.75, 3.05) is 6.54 Å². The second kappa shape index (κ2) is 8.76. The van der Waals surface area contributed by atoms with Gasteiger partial charge in [0.05, 0.1) is 6.33 Å². The number of aromatic nitrogens is 4. The average molecular weight is 331 g/mol. The van der Waals surface area contributed by atoms with Crippen molar-refractivity contribution in [2.24, 2.45) is 0 Å². The van der Waals surface area contributed by atoms with Crippen molar-refractivity contribution in [3.63, 3.8) is 0 Å². The minimum atomic E-state index is -0.268. The van der Waals surface area contributed by atoms with Crippen LogP contribution in [-0.2, 0) is 24.3 Å². The summed E-state index contributed by atoms with van der Waals surface area (Å²) >= 11 is 0. The van der Waals surface area contributed by atoms with Crippen LogP contribution < -0.4 is 16.4 Å². The van der Waals surface area contributed by atoms with Crippen molar-refractivity contribution in [1.82, 2.24) is 24.6 Å². The lowest BCUT2D eigenvalue weighted by Gasteiger charge is -2.08. The molecule has 8 nitrogen and oxygen atoms in total. The predicted octanol–water partition coefficient (Wildman–Crippen LogP) is -0.0410. The summed E-state index contributed by atoms with van der Waals surface area (Å²) in [6.45, 7) is 2.77. The lowest BCUT2D eigenvalue weighted by Crippen LogP contribution is -2.33. The molecule has 24 heavy (non-hydrogen) atoms. The van der Waals surface area contributed by atoms with Crippen LogP contribution in [0.15, 0.2) is 40.3 Å². The van der Waals surface area contributed by atoms with Crippen molar-refractivity contribution >= 4 is 5.91 Å². The van der Waals surface area contributed by atoms with E-state index in [1.165, 1.54) is 27.7 Å². The Morgan fingerprint density at radius 2 is 2.12 bits per heavy atom. The number of nitrogens with one attached hydrogen (secondary N) is 1. The molecule has 0 aliphatic heterocycles. The highest BCUT2D eigenvalue weighted by molar-refractivity contribution is 5.75. The number of rotatable bonds is 8. The monoisotopic (exact) mass is 331 g/mol. The zero-order valence-corrected chi connectivity index (χ0v) is 13.6. The van der Waals surface area contributed by atoms with Gasteiger partial charge >= 0.3 is 0 Å². The lowest BCUT2D eigenvalue weighted by atomic mass is 10.2. The van der Waals surface area contributed by atoms with Gasteiger partial charge in [-0.25, -0.2) is 9.67 Å². The Labute approximate surface area is 139 Å². The molecule has 0 aliphatic rings. The molecule has 0 bridgehead atoms. The van der Waals surface area contributed by atoms with Crippen LogP contribution in [0.4, 0.5) is 0 Å². The summed E-state index contributed by atoms with van der Waals surface area (Å²) in [4.78, 5) is 39.4. The Balaban J connectivity index is 1.78. The number of carbonyl (C=O) groups excluding carboxylic acids is 1. The second-order valence-electron chi connectivity index (χ2n) is 5.38. The molecule has 2 heterocycles. The Morgan fingerprint density at radius 3 is 2.83 bits per heavy atom. The SMILES string of the molecule is CCCc1cc(=O)n(CC(=O)NCCCn2ncccc2=O)cn1. The third-order valence-corrected chi connectivity index (χ3v) is 3.41. The van der Waals surface area contributed by atoms with Crippen LogP contribution in [0.2, 0.25) is 0 Å². The molecular formula is C16H21N5O3. The highest BCUT2D eigenvalue weighted by Gasteiger charge is 2.05. The van der Waals surface area contributed by atoms with Gasteiger partial charge in [0.25, 0.3) is 11.1 Å². The van der Waals surface area contributed by atoms with E-state index in [1.54, 1.807) is 12.3 Å². The fourth-order valence-corrected chi connectivity index (χ4v) is 2.20. The molecule has 8 heteroatoms. The molecule has 1 N–H and O–H groups in total. The van der Waals surface area contributed by atoms with E-state index in [-0.39, 0.29) is 23.6 Å². The highest BCUT2D eigenvalue weighted by atomic mass is 16.2. The van der Waals surface area contributed by atoms with Crippen LogP contribution in [0.1, 0.15) is 25.5 Å². The summed E-state index contributed by atoms with van der Waals surface area (Å²) in [6, 6.07) is 4.48. The summed E-state index contributed by atoms with van der Waals surface area (Å²) in [5, 5.41) is 6.65. The first-order valence-electron chi connectivity index (χ1n) is 7.94. The van der Waals surface area contributed by atoms with Crippen molar-refractivity contribution in [1.29, 1.82) is 0 Å². The molecule has 0 radical (unpaired) electrons. The third-order valence-electron chi connectivity index (χ3n) is 3.41. The quantitative estimate of drug-likeness (QED) is 0.684. The number of nitrogens with zero attached hydrogens (tertiary/aromatic N) is 4. The van der Waals surface area contributed by atoms with E-state index in [1.807, 2.05) is 6.92 Å². The van der Waals surface area contributed by atoms with E-state index in [4.69, 9.17) is 0 Å². The van der Waals surface area contributed by atoms with E-state index in [0.29, 0.717) is 19.5 Å². The fraction of sp³-hybridized carbons (Fsp3) is 0.438. The number of carbonyl (C=O) groups is 1. The fourth-order valence-electron chi connectivity index (χ4n) is 2.20. The molecule has 1 amide bonds. The molecule has 0 aromatic carbocycles. The standard InChI is InChI=1S/C16H21N5O3/c1-2-5-13-10-16(24)20(12-18-13)11-14(22)17-7-4-9-21-15(23)6-3-8-19-21/h3,6,8,10,12H,2,4-5,7,9,11H2,1H3,(H,17,22). The smallest absolute Gasteiger partial charge is 0.266 e. The predicted molar refractivity (Wildman–Crippen MR) is 88.6 cm³/mol. The molecule has 2 aromatic heterocycles. The van der Waals surface area contributed by atoms with Crippen molar-refractivity contribution in [2.45, 2.75) is 39.3 Å². The Kier molecular flexibility index (Phi) is 6.41. The summed E-state index contributed by atoms with van der Waals surface area (Å²) < 4.78 is 2.62. The molecule has 0 atom stereocenters. The first-order valence-corrected chi connectivity index (χ1v) is 7.94. The van der Waals surface area contributed by atoms with Gasteiger partial charge in [-0.2, -0.15) is 5.10 Å². The van der Waals surface area contributed by atoms with Crippen molar-refractivity contribution < 1.29 is 4.79 Å². The number of hydrogen-bond donors (Lipinski definition) is 1. The zero-order valence-electron chi connectivity index (χ0n) is 13.6. The maximum Gasteiger partial charge on any atom is 0.266 e. The van der Waals surface area contributed by atoms with Crippen LogP contribution in [-0.4, -0.2) is 31.8 Å². The van der Waals surface area contributed by atoms with Gasteiger partial charge in [-0.3, -0.25) is 19.0 Å². The molecule has 0 saturated carbocycles. The van der Waals surface area contributed by atoms with Crippen LogP contribution in [0, 0.1) is 0 Å². The maximum absolute atomic E-state index is 11.9. The van der Waals surface area contributed by atoms with Gasteiger partial charge in [-0.1, -0.05) is 13.3 Å². The van der Waals surface area contributed by atoms with E-state index < -0.39 is 0 Å². The molecule has 2 aromatic rings. The van der Waals surface area contributed by atoms with E-state index in [0.717, 1.165) is 18.5 Å². The van der Waals surface area contributed by atoms with Gasteiger partial charge < -0.3 is 5.32 Å². The second-order valence-corrected chi connectivity index (χ2v) is 5.38. The van der Waals surface area contributed by atoms with Crippen molar-refractivity contribution in [3.05, 3.63) is 57.1 Å². The summed E-state index contributed by atoms with van der Waals surface area (Å²) in [5.41, 5.74) is 0.331. The Hall–Kier alpha value is -2.77. The Bertz CT molecular complexity index is 797. The average Bonchev–Trinajstić information content (AvgIpc) is 2.56. The first-order chi connectivity index (χ1) is 11.6.